The van der Waals surface area contributed by atoms with Crippen LogP contribution in [-0.4, -0.2) is 24.5 Å². The molecule has 2 rings (SSSR count). The third kappa shape index (κ3) is 3.66. The van der Waals surface area contributed by atoms with Gasteiger partial charge >= 0.3 is 0 Å². The summed E-state index contributed by atoms with van der Waals surface area (Å²) >= 11 is 0. The van der Waals surface area contributed by atoms with Crippen molar-refractivity contribution in [1.29, 1.82) is 0 Å². The second-order valence-corrected chi connectivity index (χ2v) is 4.73. The molecule has 0 atom stereocenters. The average Bonchev–Trinajstić information content (AvgIpc) is 2.86. The molecule has 0 amide bonds. The zero-order chi connectivity index (χ0) is 14.4. The van der Waals surface area contributed by atoms with Gasteiger partial charge in [-0.3, -0.25) is 4.57 Å². The number of aryl methyl sites for hydroxylation is 1. The molecule has 0 aliphatic heterocycles. The molecule has 4 N–H and O–H groups in total. The second-order valence-electron chi connectivity index (χ2n) is 4.73. The fourth-order valence-electron chi connectivity index (χ4n) is 2.09. The Balaban J connectivity index is 2.04. The molecule has 7 heteroatoms. The van der Waals surface area contributed by atoms with Gasteiger partial charge in [0.25, 0.3) is 0 Å². The molecular weight excluding hydrogens is 254 g/mol. The Labute approximate surface area is 118 Å². The Morgan fingerprint density at radius 3 is 2.40 bits per heavy atom. The van der Waals surface area contributed by atoms with Crippen LogP contribution in [0.5, 0.6) is 0 Å². The predicted octanol–water partition coefficient (Wildman–Crippen LogP) is 1.73. The Kier molecular flexibility index (Phi) is 4.86. The lowest BCUT2D eigenvalue weighted by atomic mass is 10.1. The van der Waals surface area contributed by atoms with Crippen molar-refractivity contribution in [2.24, 2.45) is 0 Å². The van der Waals surface area contributed by atoms with Crippen molar-refractivity contribution in [2.45, 2.75) is 45.4 Å². The maximum Gasteiger partial charge on any atom is 0.241 e. The highest BCUT2D eigenvalue weighted by Crippen LogP contribution is 2.12. The first kappa shape index (κ1) is 14.2. The van der Waals surface area contributed by atoms with Gasteiger partial charge in [-0.1, -0.05) is 32.6 Å². The minimum atomic E-state index is 0.120. The van der Waals surface area contributed by atoms with Crippen molar-refractivity contribution in [3.8, 4) is 5.95 Å². The lowest BCUT2D eigenvalue weighted by Gasteiger charge is -2.07. The van der Waals surface area contributed by atoms with Gasteiger partial charge in [0.2, 0.25) is 17.8 Å². The minimum Gasteiger partial charge on any atom is -0.368 e. The van der Waals surface area contributed by atoms with Crippen LogP contribution in [0.15, 0.2) is 12.4 Å². The van der Waals surface area contributed by atoms with Crippen LogP contribution in [0.1, 0.15) is 44.9 Å². The molecule has 0 unspecified atom stereocenters. The first-order chi connectivity index (χ1) is 9.70. The lowest BCUT2D eigenvalue weighted by molar-refractivity contribution is 0.618. The molecule has 0 fully saturated rings. The van der Waals surface area contributed by atoms with E-state index >= 15 is 0 Å². The molecule has 0 spiro atoms. The average molecular weight is 275 g/mol. The third-order valence-corrected chi connectivity index (χ3v) is 3.09. The first-order valence-corrected chi connectivity index (χ1v) is 7.00. The highest BCUT2D eigenvalue weighted by Gasteiger charge is 2.09. The molecule has 2 aromatic heterocycles. The zero-order valence-electron chi connectivity index (χ0n) is 11.8. The van der Waals surface area contributed by atoms with Gasteiger partial charge in [0.05, 0.1) is 0 Å². The molecule has 0 aromatic carbocycles. The van der Waals surface area contributed by atoms with E-state index in [1.54, 1.807) is 6.20 Å². The van der Waals surface area contributed by atoms with Gasteiger partial charge < -0.3 is 11.5 Å². The molecule has 0 radical (unpaired) electrons. The Bertz CT molecular complexity index is 529. The molecule has 0 saturated heterocycles. The van der Waals surface area contributed by atoms with Crippen molar-refractivity contribution in [3.63, 3.8) is 0 Å². The van der Waals surface area contributed by atoms with Crippen LogP contribution in [-0.2, 0) is 6.42 Å². The molecule has 7 nitrogen and oxygen atoms in total. The molecule has 0 saturated carbocycles. The van der Waals surface area contributed by atoms with Gasteiger partial charge in [0, 0.05) is 18.8 Å². The summed E-state index contributed by atoms with van der Waals surface area (Å²) in [4.78, 5) is 16.3. The Hall–Kier alpha value is -2.18. The Morgan fingerprint density at radius 1 is 1.00 bits per heavy atom. The number of imidazole rings is 1. The minimum absolute atomic E-state index is 0.120. The standard InChI is InChI=1S/C13H21N7/c1-2-3-4-5-6-7-10-16-8-9-20(10)13-18-11(14)17-12(15)19-13/h8-9H,2-7H2,1H3,(H4,14,15,17,18,19). The van der Waals surface area contributed by atoms with E-state index in [0.29, 0.717) is 5.95 Å². The number of nitrogens with zero attached hydrogens (tertiary/aromatic N) is 5. The largest absolute Gasteiger partial charge is 0.368 e. The van der Waals surface area contributed by atoms with E-state index in [1.165, 1.54) is 25.7 Å². The van der Waals surface area contributed by atoms with Crippen LogP contribution >= 0.6 is 0 Å². The van der Waals surface area contributed by atoms with Crippen molar-refractivity contribution >= 4 is 11.9 Å². The Morgan fingerprint density at radius 2 is 1.70 bits per heavy atom. The summed E-state index contributed by atoms with van der Waals surface area (Å²) in [5, 5.41) is 0. The normalized spacial score (nSPS) is 10.8. The molecule has 0 aliphatic carbocycles. The fraction of sp³-hybridized carbons (Fsp3) is 0.538. The first-order valence-electron chi connectivity index (χ1n) is 7.00. The lowest BCUT2D eigenvalue weighted by Crippen LogP contribution is -2.10. The van der Waals surface area contributed by atoms with Gasteiger partial charge in [0.15, 0.2) is 0 Å². The number of anilines is 2. The van der Waals surface area contributed by atoms with Crippen molar-refractivity contribution < 1.29 is 0 Å². The van der Waals surface area contributed by atoms with Crippen LogP contribution in [0.25, 0.3) is 5.95 Å². The van der Waals surface area contributed by atoms with E-state index in [4.69, 9.17) is 11.5 Å². The number of aromatic nitrogens is 5. The molecule has 0 bridgehead atoms. The summed E-state index contributed by atoms with van der Waals surface area (Å²) in [6, 6.07) is 0. The van der Waals surface area contributed by atoms with E-state index in [0.717, 1.165) is 18.7 Å². The zero-order valence-corrected chi connectivity index (χ0v) is 11.8. The number of nitrogens with two attached hydrogens (primary N) is 2. The SMILES string of the molecule is CCCCCCCc1nccn1-c1nc(N)nc(N)n1. The number of hydrogen-bond acceptors (Lipinski definition) is 6. The second kappa shape index (κ2) is 6.83. The highest BCUT2D eigenvalue weighted by molar-refractivity contribution is 5.31. The maximum absolute atomic E-state index is 5.59. The van der Waals surface area contributed by atoms with Crippen LogP contribution in [0.2, 0.25) is 0 Å². The quantitative estimate of drug-likeness (QED) is 0.745. The van der Waals surface area contributed by atoms with Gasteiger partial charge in [-0.05, 0) is 6.42 Å². The monoisotopic (exact) mass is 275 g/mol. The fourth-order valence-corrected chi connectivity index (χ4v) is 2.09. The van der Waals surface area contributed by atoms with Crippen molar-refractivity contribution in [1.82, 2.24) is 24.5 Å². The summed E-state index contributed by atoms with van der Waals surface area (Å²) in [5.74, 6) is 1.59. The topological polar surface area (TPSA) is 109 Å². The predicted molar refractivity (Wildman–Crippen MR) is 78.2 cm³/mol. The van der Waals surface area contributed by atoms with Crippen molar-refractivity contribution in [2.75, 3.05) is 11.5 Å². The van der Waals surface area contributed by atoms with E-state index in [9.17, 15) is 0 Å². The van der Waals surface area contributed by atoms with Crippen LogP contribution in [0.3, 0.4) is 0 Å². The molecular formula is C13H21N7. The summed E-state index contributed by atoms with van der Waals surface area (Å²) < 4.78 is 1.81. The third-order valence-electron chi connectivity index (χ3n) is 3.09. The van der Waals surface area contributed by atoms with Gasteiger partial charge in [-0.2, -0.15) is 15.0 Å². The maximum atomic E-state index is 5.59. The van der Waals surface area contributed by atoms with Gasteiger partial charge in [-0.25, -0.2) is 4.98 Å². The number of rotatable bonds is 7. The number of nitrogen functional groups attached to an aromatic ring is 2. The molecule has 108 valence electrons. The summed E-state index contributed by atoms with van der Waals surface area (Å²) in [6.45, 7) is 2.21. The number of hydrogen-bond donors (Lipinski definition) is 2. The summed E-state index contributed by atoms with van der Waals surface area (Å²) in [7, 11) is 0. The van der Waals surface area contributed by atoms with Crippen molar-refractivity contribution in [3.05, 3.63) is 18.2 Å². The van der Waals surface area contributed by atoms with Gasteiger partial charge in [0.1, 0.15) is 5.82 Å². The molecule has 0 aliphatic rings. The van der Waals surface area contributed by atoms with Crippen LogP contribution in [0.4, 0.5) is 11.9 Å². The molecule has 2 aromatic rings. The smallest absolute Gasteiger partial charge is 0.241 e. The molecule has 20 heavy (non-hydrogen) atoms. The highest BCUT2D eigenvalue weighted by atomic mass is 15.3. The van der Waals surface area contributed by atoms with Gasteiger partial charge in [-0.15, -0.1) is 0 Å². The summed E-state index contributed by atoms with van der Waals surface area (Å²) in [5.41, 5.74) is 11.2. The van der Waals surface area contributed by atoms with E-state index in [2.05, 4.69) is 26.9 Å². The number of unbranched alkanes of at least 4 members (excludes halogenated alkanes) is 4. The summed E-state index contributed by atoms with van der Waals surface area (Å²) in [6.07, 6.45) is 10.6. The van der Waals surface area contributed by atoms with E-state index in [1.807, 2.05) is 10.8 Å². The molecule has 2 heterocycles. The van der Waals surface area contributed by atoms with E-state index in [-0.39, 0.29) is 11.9 Å². The van der Waals surface area contributed by atoms with Crippen LogP contribution < -0.4 is 11.5 Å². The van der Waals surface area contributed by atoms with Crippen LogP contribution in [0, 0.1) is 0 Å². The van der Waals surface area contributed by atoms with E-state index < -0.39 is 0 Å².